The molecule has 0 spiro atoms. The van der Waals surface area contributed by atoms with Crippen molar-refractivity contribution < 1.29 is 9.90 Å². The summed E-state index contributed by atoms with van der Waals surface area (Å²) in [5.74, 6) is -0.0998. The van der Waals surface area contributed by atoms with Crippen molar-refractivity contribution in [1.82, 2.24) is 4.90 Å². The van der Waals surface area contributed by atoms with Gasteiger partial charge in [-0.25, -0.2) is 0 Å². The Balaban J connectivity index is 2.09. The van der Waals surface area contributed by atoms with Crippen LogP contribution in [0, 0.1) is 11.3 Å². The van der Waals surface area contributed by atoms with E-state index in [0.717, 1.165) is 25.9 Å². The van der Waals surface area contributed by atoms with Crippen LogP contribution in [0.15, 0.2) is 17.5 Å². The minimum absolute atomic E-state index is 0.429. The summed E-state index contributed by atoms with van der Waals surface area (Å²) >= 11 is 1.80. The molecule has 4 heteroatoms. The first-order chi connectivity index (χ1) is 8.94. The van der Waals surface area contributed by atoms with Gasteiger partial charge < -0.3 is 5.11 Å². The van der Waals surface area contributed by atoms with E-state index < -0.39 is 11.4 Å². The average Bonchev–Trinajstić information content (AvgIpc) is 2.85. The molecule has 0 bridgehead atoms. The maximum absolute atomic E-state index is 11.3. The van der Waals surface area contributed by atoms with Gasteiger partial charge in [0.05, 0.1) is 5.41 Å². The summed E-state index contributed by atoms with van der Waals surface area (Å²) in [5.41, 5.74) is -0.534. The molecule has 1 aromatic rings. The Labute approximate surface area is 119 Å². The van der Waals surface area contributed by atoms with E-state index >= 15 is 0 Å². The minimum atomic E-state index is -0.649. The van der Waals surface area contributed by atoms with Crippen LogP contribution in [0.1, 0.15) is 44.5 Å². The molecular formula is C15H23NO2S. The fraction of sp³-hybridized carbons (Fsp3) is 0.667. The van der Waals surface area contributed by atoms with Crippen LogP contribution in [0.2, 0.25) is 0 Å². The molecule has 1 aliphatic rings. The molecule has 1 saturated heterocycles. The molecule has 0 aromatic carbocycles. The number of carbonyl (C=O) groups is 1. The molecule has 1 N–H and O–H groups in total. The molecule has 1 fully saturated rings. The van der Waals surface area contributed by atoms with Gasteiger partial charge in [-0.05, 0) is 50.2 Å². The van der Waals surface area contributed by atoms with E-state index in [1.54, 1.807) is 11.3 Å². The molecule has 0 radical (unpaired) electrons. The van der Waals surface area contributed by atoms with Gasteiger partial charge in [-0.1, -0.05) is 19.9 Å². The Morgan fingerprint density at radius 3 is 2.47 bits per heavy atom. The van der Waals surface area contributed by atoms with Gasteiger partial charge in [-0.3, -0.25) is 9.69 Å². The molecule has 1 aromatic heterocycles. The average molecular weight is 281 g/mol. The lowest BCUT2D eigenvalue weighted by Gasteiger charge is -2.41. The zero-order valence-electron chi connectivity index (χ0n) is 11.9. The number of carboxylic acid groups (broad SMARTS) is 1. The second-order valence-corrected chi connectivity index (χ2v) is 7.09. The van der Waals surface area contributed by atoms with Gasteiger partial charge in [-0.2, -0.15) is 0 Å². The highest BCUT2D eigenvalue weighted by molar-refractivity contribution is 7.10. The molecule has 3 nitrogen and oxygen atoms in total. The van der Waals surface area contributed by atoms with Crippen molar-refractivity contribution in [2.75, 3.05) is 13.1 Å². The van der Waals surface area contributed by atoms with E-state index in [0.29, 0.717) is 12.0 Å². The summed E-state index contributed by atoms with van der Waals surface area (Å²) in [6.45, 7) is 8.13. The normalized spacial score (nSPS) is 21.5. The van der Waals surface area contributed by atoms with Crippen molar-refractivity contribution >= 4 is 17.3 Å². The number of thiophene rings is 1. The van der Waals surface area contributed by atoms with E-state index in [9.17, 15) is 9.90 Å². The summed E-state index contributed by atoms with van der Waals surface area (Å²) < 4.78 is 0. The molecule has 0 aliphatic carbocycles. The van der Waals surface area contributed by atoms with E-state index in [1.165, 1.54) is 4.88 Å². The van der Waals surface area contributed by atoms with Crippen LogP contribution < -0.4 is 0 Å². The predicted molar refractivity (Wildman–Crippen MR) is 78.4 cm³/mol. The summed E-state index contributed by atoms with van der Waals surface area (Å²) in [4.78, 5) is 15.2. The highest BCUT2D eigenvalue weighted by Gasteiger charge is 2.39. The van der Waals surface area contributed by atoms with Gasteiger partial charge in [0.2, 0.25) is 0 Å². The molecular weight excluding hydrogens is 258 g/mol. The first-order valence-corrected chi connectivity index (χ1v) is 7.83. The third-order valence-corrected chi connectivity index (χ3v) is 5.22. The van der Waals surface area contributed by atoms with Crippen molar-refractivity contribution in [2.24, 2.45) is 11.3 Å². The van der Waals surface area contributed by atoms with Crippen molar-refractivity contribution in [1.29, 1.82) is 0 Å². The number of aliphatic carboxylic acids is 1. The lowest BCUT2D eigenvalue weighted by molar-refractivity contribution is -0.151. The zero-order valence-corrected chi connectivity index (χ0v) is 12.7. The van der Waals surface area contributed by atoms with E-state index in [4.69, 9.17) is 0 Å². The molecule has 2 heterocycles. The fourth-order valence-corrected chi connectivity index (χ4v) is 3.93. The maximum Gasteiger partial charge on any atom is 0.309 e. The highest BCUT2D eigenvalue weighted by Crippen LogP contribution is 2.38. The van der Waals surface area contributed by atoms with Crippen molar-refractivity contribution in [3.63, 3.8) is 0 Å². The number of hydrogen-bond donors (Lipinski definition) is 1. The number of carboxylic acids is 1. The Kier molecular flexibility index (Phi) is 4.31. The molecule has 19 heavy (non-hydrogen) atoms. The second kappa shape index (κ2) is 5.63. The van der Waals surface area contributed by atoms with Crippen LogP contribution in [0.25, 0.3) is 0 Å². The second-order valence-electron chi connectivity index (χ2n) is 6.11. The molecule has 2 rings (SSSR count). The Morgan fingerprint density at radius 2 is 2.05 bits per heavy atom. The minimum Gasteiger partial charge on any atom is -0.481 e. The maximum atomic E-state index is 11.3. The van der Waals surface area contributed by atoms with Crippen LogP contribution in [0.4, 0.5) is 0 Å². The van der Waals surface area contributed by atoms with Crippen molar-refractivity contribution in [3.05, 3.63) is 22.4 Å². The predicted octanol–water partition coefficient (Wildman–Crippen LogP) is 3.63. The number of likely N-dealkylation sites (tertiary alicyclic amines) is 1. The Hall–Kier alpha value is -0.870. The summed E-state index contributed by atoms with van der Waals surface area (Å²) in [7, 11) is 0. The van der Waals surface area contributed by atoms with Crippen LogP contribution >= 0.6 is 11.3 Å². The molecule has 1 unspecified atom stereocenters. The number of nitrogens with zero attached hydrogens (tertiary/aromatic N) is 1. The van der Waals surface area contributed by atoms with E-state index in [2.05, 4.69) is 36.3 Å². The standard InChI is InChI=1S/C15H23NO2S/c1-11(2)13(12-5-4-10-19-12)16-8-6-15(3,7-9-16)14(17)18/h4-5,10-11,13H,6-9H2,1-3H3,(H,17,18). The topological polar surface area (TPSA) is 40.5 Å². The largest absolute Gasteiger partial charge is 0.481 e. The SMILES string of the molecule is CC(C)C(c1cccs1)N1CCC(C)(C(=O)O)CC1. The number of rotatable bonds is 4. The fourth-order valence-electron chi connectivity index (χ4n) is 2.90. The number of piperidine rings is 1. The summed E-state index contributed by atoms with van der Waals surface area (Å²) in [5, 5.41) is 11.4. The van der Waals surface area contributed by atoms with Gasteiger partial charge in [-0.15, -0.1) is 11.3 Å². The van der Waals surface area contributed by atoms with Crippen LogP contribution in [-0.2, 0) is 4.79 Å². The van der Waals surface area contributed by atoms with Crippen molar-refractivity contribution in [2.45, 2.75) is 39.7 Å². The lowest BCUT2D eigenvalue weighted by Crippen LogP contribution is -2.45. The van der Waals surface area contributed by atoms with Gasteiger partial charge in [0.15, 0.2) is 0 Å². The lowest BCUT2D eigenvalue weighted by atomic mass is 9.79. The van der Waals surface area contributed by atoms with Gasteiger partial charge >= 0.3 is 5.97 Å². The molecule has 1 atom stereocenters. The summed E-state index contributed by atoms with van der Waals surface area (Å²) in [6, 6.07) is 4.72. The van der Waals surface area contributed by atoms with Gasteiger partial charge in [0.1, 0.15) is 0 Å². The highest BCUT2D eigenvalue weighted by atomic mass is 32.1. The first-order valence-electron chi connectivity index (χ1n) is 6.95. The van der Waals surface area contributed by atoms with E-state index in [-0.39, 0.29) is 0 Å². The molecule has 1 aliphatic heterocycles. The van der Waals surface area contributed by atoms with Crippen LogP contribution in [-0.4, -0.2) is 29.1 Å². The Bertz CT molecular complexity index is 419. The first kappa shape index (κ1) is 14.5. The third kappa shape index (κ3) is 3.00. The summed E-state index contributed by atoms with van der Waals surface area (Å²) in [6.07, 6.45) is 1.49. The quantitative estimate of drug-likeness (QED) is 0.916. The van der Waals surface area contributed by atoms with Gasteiger partial charge in [0, 0.05) is 10.9 Å². The smallest absolute Gasteiger partial charge is 0.309 e. The molecule has 106 valence electrons. The van der Waals surface area contributed by atoms with Crippen LogP contribution in [0.3, 0.4) is 0 Å². The van der Waals surface area contributed by atoms with E-state index in [1.807, 2.05) is 6.92 Å². The zero-order chi connectivity index (χ0) is 14.0. The molecule has 0 amide bonds. The molecule has 0 saturated carbocycles. The van der Waals surface area contributed by atoms with Gasteiger partial charge in [0.25, 0.3) is 0 Å². The monoisotopic (exact) mass is 281 g/mol. The van der Waals surface area contributed by atoms with Crippen molar-refractivity contribution in [3.8, 4) is 0 Å². The Morgan fingerprint density at radius 1 is 1.42 bits per heavy atom. The van der Waals surface area contributed by atoms with Crippen LogP contribution in [0.5, 0.6) is 0 Å². The third-order valence-electron chi connectivity index (χ3n) is 4.28. The number of hydrogen-bond acceptors (Lipinski definition) is 3.